The maximum absolute atomic E-state index is 10.6. The fraction of sp³-hybridized carbons (Fsp3) is 0.0833. The molecule has 0 radical (unpaired) electrons. The minimum absolute atomic E-state index is 0.0383. The lowest BCUT2D eigenvalue weighted by molar-refractivity contribution is 0.0656. The van der Waals surface area contributed by atoms with Gasteiger partial charge in [0, 0.05) is 10.8 Å². The summed E-state index contributed by atoms with van der Waals surface area (Å²) in [5.41, 5.74) is 1.10. The average molecular weight is 269 g/mol. The lowest BCUT2D eigenvalue weighted by Gasteiger charge is -1.99. The number of thioether (sulfide) groups is 1. The van der Waals surface area contributed by atoms with Crippen LogP contribution in [0.4, 0.5) is 0 Å². The van der Waals surface area contributed by atoms with E-state index >= 15 is 0 Å². The summed E-state index contributed by atoms with van der Waals surface area (Å²) in [5, 5.41) is 9.99. The van der Waals surface area contributed by atoms with Crippen LogP contribution in [-0.2, 0) is 5.75 Å². The summed E-state index contributed by atoms with van der Waals surface area (Å²) in [4.78, 5) is 10.6. The second-order valence-electron chi connectivity index (χ2n) is 3.34. The number of carboxylic acid groups (broad SMARTS) is 1. The molecule has 2 rings (SSSR count). The Balaban J connectivity index is 1.97. The molecule has 5 heteroatoms. The van der Waals surface area contributed by atoms with E-state index in [9.17, 15) is 4.79 Å². The standard InChI is InChI=1S/C12H9ClO3S/c13-9-3-1-8(2-4-9)7-17-11-6-5-10(16-11)12(14)15/h1-6H,7H2,(H,14,15). The van der Waals surface area contributed by atoms with Gasteiger partial charge in [-0.15, -0.1) is 0 Å². The lowest BCUT2D eigenvalue weighted by Crippen LogP contribution is -1.91. The summed E-state index contributed by atoms with van der Waals surface area (Å²) < 4.78 is 5.13. The van der Waals surface area contributed by atoms with Gasteiger partial charge in [0.25, 0.3) is 0 Å². The number of hydrogen-bond donors (Lipinski definition) is 1. The highest BCUT2D eigenvalue weighted by Crippen LogP contribution is 2.25. The van der Waals surface area contributed by atoms with Crippen LogP contribution in [-0.4, -0.2) is 11.1 Å². The number of benzene rings is 1. The Morgan fingerprint density at radius 2 is 1.94 bits per heavy atom. The molecular formula is C12H9ClO3S. The van der Waals surface area contributed by atoms with Gasteiger partial charge in [-0.25, -0.2) is 4.79 Å². The summed E-state index contributed by atoms with van der Waals surface area (Å²) in [6.07, 6.45) is 0. The SMILES string of the molecule is O=C(O)c1ccc(SCc2ccc(Cl)cc2)o1. The fourth-order valence-electron chi connectivity index (χ4n) is 1.25. The van der Waals surface area contributed by atoms with Gasteiger partial charge < -0.3 is 9.52 Å². The summed E-state index contributed by atoms with van der Waals surface area (Å²) in [5.74, 6) is -0.379. The quantitative estimate of drug-likeness (QED) is 0.854. The zero-order valence-electron chi connectivity index (χ0n) is 8.72. The molecule has 0 fully saturated rings. The first-order valence-corrected chi connectivity index (χ1v) is 6.22. The molecule has 0 saturated heterocycles. The van der Waals surface area contributed by atoms with Crippen molar-refractivity contribution in [3.63, 3.8) is 0 Å². The molecule has 2 aromatic rings. The van der Waals surface area contributed by atoms with Gasteiger partial charge in [-0.2, -0.15) is 0 Å². The van der Waals surface area contributed by atoms with Gasteiger partial charge in [-0.1, -0.05) is 35.5 Å². The van der Waals surface area contributed by atoms with Gasteiger partial charge in [0.1, 0.15) is 0 Å². The van der Waals surface area contributed by atoms with E-state index in [1.807, 2.05) is 24.3 Å². The molecule has 1 aromatic heterocycles. The molecule has 0 aliphatic heterocycles. The molecule has 0 saturated carbocycles. The monoisotopic (exact) mass is 268 g/mol. The molecule has 0 atom stereocenters. The van der Waals surface area contributed by atoms with Crippen molar-refractivity contribution in [3.05, 3.63) is 52.7 Å². The molecule has 1 heterocycles. The van der Waals surface area contributed by atoms with Crippen LogP contribution in [0.3, 0.4) is 0 Å². The molecule has 0 aliphatic rings. The lowest BCUT2D eigenvalue weighted by atomic mass is 10.2. The maximum Gasteiger partial charge on any atom is 0.371 e. The number of rotatable bonds is 4. The van der Waals surface area contributed by atoms with Crippen molar-refractivity contribution in [2.45, 2.75) is 10.8 Å². The first kappa shape index (κ1) is 12.1. The Bertz CT molecular complexity index is 519. The second kappa shape index (κ2) is 5.29. The minimum Gasteiger partial charge on any atom is -0.475 e. The van der Waals surface area contributed by atoms with E-state index < -0.39 is 5.97 Å². The van der Waals surface area contributed by atoms with Gasteiger partial charge in [-0.3, -0.25) is 0 Å². The van der Waals surface area contributed by atoms with E-state index in [0.29, 0.717) is 15.9 Å². The number of hydrogen-bond acceptors (Lipinski definition) is 3. The summed E-state index contributed by atoms with van der Waals surface area (Å²) in [6.45, 7) is 0. The molecule has 1 aromatic carbocycles. The third-order valence-corrected chi connectivity index (χ3v) is 3.32. The molecule has 17 heavy (non-hydrogen) atoms. The first-order chi connectivity index (χ1) is 8.15. The van der Waals surface area contributed by atoms with E-state index in [2.05, 4.69) is 0 Å². The van der Waals surface area contributed by atoms with Crippen molar-refractivity contribution in [1.82, 2.24) is 0 Å². The van der Waals surface area contributed by atoms with Crippen LogP contribution in [0, 0.1) is 0 Å². The summed E-state index contributed by atoms with van der Waals surface area (Å²) >= 11 is 7.22. The topological polar surface area (TPSA) is 50.4 Å². The first-order valence-electron chi connectivity index (χ1n) is 4.85. The van der Waals surface area contributed by atoms with Crippen LogP contribution < -0.4 is 0 Å². The molecule has 3 nitrogen and oxygen atoms in total. The normalized spacial score (nSPS) is 10.4. The van der Waals surface area contributed by atoms with Crippen LogP contribution in [0.15, 0.2) is 45.9 Å². The maximum atomic E-state index is 10.6. The van der Waals surface area contributed by atoms with Gasteiger partial charge in [0.05, 0.1) is 0 Å². The Morgan fingerprint density at radius 1 is 1.24 bits per heavy atom. The highest BCUT2D eigenvalue weighted by molar-refractivity contribution is 7.98. The van der Waals surface area contributed by atoms with Gasteiger partial charge in [0.2, 0.25) is 5.76 Å². The summed E-state index contributed by atoms with van der Waals surface area (Å²) in [7, 11) is 0. The van der Waals surface area contributed by atoms with Crippen LogP contribution in [0.1, 0.15) is 16.1 Å². The largest absolute Gasteiger partial charge is 0.475 e. The number of halogens is 1. The van der Waals surface area contributed by atoms with Crippen molar-refractivity contribution >= 4 is 29.3 Å². The van der Waals surface area contributed by atoms with Gasteiger partial charge >= 0.3 is 5.97 Å². The zero-order chi connectivity index (χ0) is 12.3. The van der Waals surface area contributed by atoms with Gasteiger partial charge in [0.15, 0.2) is 5.09 Å². The molecule has 1 N–H and O–H groups in total. The molecule has 0 amide bonds. The number of carbonyl (C=O) groups is 1. The Labute approximate surface area is 107 Å². The number of aromatic carboxylic acids is 1. The molecule has 0 unspecified atom stereocenters. The third kappa shape index (κ3) is 3.28. The smallest absolute Gasteiger partial charge is 0.371 e. The van der Waals surface area contributed by atoms with Crippen molar-refractivity contribution in [1.29, 1.82) is 0 Å². The van der Waals surface area contributed by atoms with Crippen molar-refractivity contribution in [2.24, 2.45) is 0 Å². The highest BCUT2D eigenvalue weighted by atomic mass is 35.5. The van der Waals surface area contributed by atoms with E-state index in [1.165, 1.54) is 17.8 Å². The van der Waals surface area contributed by atoms with Crippen LogP contribution in [0.25, 0.3) is 0 Å². The predicted octanol–water partition coefficient (Wildman–Crippen LogP) is 3.92. The molecule has 0 bridgehead atoms. The van der Waals surface area contributed by atoms with E-state index in [1.54, 1.807) is 6.07 Å². The van der Waals surface area contributed by atoms with Crippen molar-refractivity contribution < 1.29 is 14.3 Å². The van der Waals surface area contributed by atoms with E-state index in [4.69, 9.17) is 21.1 Å². The number of furan rings is 1. The molecule has 0 spiro atoms. The van der Waals surface area contributed by atoms with Gasteiger partial charge in [-0.05, 0) is 29.8 Å². The third-order valence-electron chi connectivity index (χ3n) is 2.09. The summed E-state index contributed by atoms with van der Waals surface area (Å²) in [6, 6.07) is 10.6. The Hall–Kier alpha value is -1.39. The fourth-order valence-corrected chi connectivity index (χ4v) is 2.19. The van der Waals surface area contributed by atoms with Crippen LogP contribution in [0.5, 0.6) is 0 Å². The highest BCUT2D eigenvalue weighted by Gasteiger charge is 2.09. The van der Waals surface area contributed by atoms with Crippen LogP contribution >= 0.6 is 23.4 Å². The molecular weight excluding hydrogens is 260 g/mol. The van der Waals surface area contributed by atoms with E-state index in [-0.39, 0.29) is 5.76 Å². The van der Waals surface area contributed by atoms with Crippen LogP contribution in [0.2, 0.25) is 5.02 Å². The second-order valence-corrected chi connectivity index (χ2v) is 4.76. The van der Waals surface area contributed by atoms with Crippen molar-refractivity contribution in [3.8, 4) is 0 Å². The Morgan fingerprint density at radius 3 is 2.53 bits per heavy atom. The molecule has 0 aliphatic carbocycles. The number of carboxylic acids is 1. The van der Waals surface area contributed by atoms with Crippen molar-refractivity contribution in [2.75, 3.05) is 0 Å². The zero-order valence-corrected chi connectivity index (χ0v) is 10.3. The van der Waals surface area contributed by atoms with E-state index in [0.717, 1.165) is 5.56 Å². The Kier molecular flexibility index (Phi) is 3.76. The molecule has 88 valence electrons. The predicted molar refractivity (Wildman–Crippen MR) is 66.7 cm³/mol. The average Bonchev–Trinajstić information content (AvgIpc) is 2.77. The minimum atomic E-state index is -1.05.